The van der Waals surface area contributed by atoms with Crippen LogP contribution >= 0.6 is 0 Å². The highest BCUT2D eigenvalue weighted by Crippen LogP contribution is 2.41. The summed E-state index contributed by atoms with van der Waals surface area (Å²) in [5.74, 6) is 0.594. The Balaban J connectivity index is 1.60. The van der Waals surface area contributed by atoms with Crippen LogP contribution in [0, 0.1) is 5.92 Å². The second kappa shape index (κ2) is 2.69. The average Bonchev–Trinajstić information content (AvgIpc) is 2.66. The fourth-order valence-corrected chi connectivity index (χ4v) is 2.33. The molecule has 0 unspecified atom stereocenters. The highest BCUT2D eigenvalue weighted by Gasteiger charge is 2.46. The summed E-state index contributed by atoms with van der Waals surface area (Å²) >= 11 is 0. The predicted octanol–water partition coefficient (Wildman–Crippen LogP) is 0.927. The van der Waals surface area contributed by atoms with Gasteiger partial charge in [-0.25, -0.2) is 0 Å². The van der Waals surface area contributed by atoms with Crippen molar-refractivity contribution < 1.29 is 14.2 Å². The molecule has 0 aromatic heterocycles. The summed E-state index contributed by atoms with van der Waals surface area (Å²) in [6, 6.07) is 0. The molecule has 0 spiro atoms. The lowest BCUT2D eigenvalue weighted by atomic mass is 9.89. The minimum Gasteiger partial charge on any atom is -0.370 e. The third kappa shape index (κ3) is 1.16. The largest absolute Gasteiger partial charge is 0.370 e. The first-order valence-electron chi connectivity index (χ1n) is 4.82. The zero-order chi connectivity index (χ0) is 7.97. The first kappa shape index (κ1) is 7.30. The molecule has 0 amide bonds. The molecule has 2 aliphatic heterocycles. The Morgan fingerprint density at radius 2 is 1.75 bits per heavy atom. The van der Waals surface area contributed by atoms with Crippen LogP contribution in [-0.2, 0) is 14.2 Å². The van der Waals surface area contributed by atoms with E-state index in [0.29, 0.717) is 18.1 Å². The monoisotopic (exact) mass is 170 g/mol. The Hall–Kier alpha value is -0.120. The van der Waals surface area contributed by atoms with E-state index >= 15 is 0 Å². The predicted molar refractivity (Wildman–Crippen MR) is 41.7 cm³/mol. The molecule has 1 aliphatic carbocycles. The maximum atomic E-state index is 5.48. The van der Waals surface area contributed by atoms with Gasteiger partial charge >= 0.3 is 0 Å². The number of hydrogen-bond donors (Lipinski definition) is 0. The fraction of sp³-hybridized carbons (Fsp3) is 1.00. The Morgan fingerprint density at radius 3 is 2.50 bits per heavy atom. The Kier molecular flexibility index (Phi) is 1.63. The van der Waals surface area contributed by atoms with Crippen LogP contribution in [0.1, 0.15) is 19.3 Å². The summed E-state index contributed by atoms with van der Waals surface area (Å²) in [5.41, 5.74) is 0. The molecule has 3 nitrogen and oxygen atoms in total. The van der Waals surface area contributed by atoms with Crippen LogP contribution in [-0.4, -0.2) is 31.7 Å². The van der Waals surface area contributed by atoms with Crippen LogP contribution in [0.3, 0.4) is 0 Å². The van der Waals surface area contributed by atoms with Gasteiger partial charge in [-0.15, -0.1) is 0 Å². The summed E-state index contributed by atoms with van der Waals surface area (Å²) in [6.45, 7) is 1.55. The molecule has 0 aromatic carbocycles. The van der Waals surface area contributed by atoms with Gasteiger partial charge in [0.1, 0.15) is 0 Å². The van der Waals surface area contributed by atoms with E-state index in [1.807, 2.05) is 0 Å². The molecular weight excluding hydrogens is 156 g/mol. The number of hydrogen-bond acceptors (Lipinski definition) is 3. The van der Waals surface area contributed by atoms with Gasteiger partial charge in [0.15, 0.2) is 6.29 Å². The van der Waals surface area contributed by atoms with Gasteiger partial charge in [0.05, 0.1) is 25.4 Å². The normalized spacial score (nSPS) is 47.5. The molecule has 2 heterocycles. The van der Waals surface area contributed by atoms with E-state index in [9.17, 15) is 0 Å². The molecule has 3 rings (SSSR count). The van der Waals surface area contributed by atoms with Crippen LogP contribution in [0.5, 0.6) is 0 Å². The number of rotatable bonds is 1. The van der Waals surface area contributed by atoms with Crippen molar-refractivity contribution in [1.82, 2.24) is 0 Å². The number of ether oxygens (including phenoxy) is 3. The summed E-state index contributed by atoms with van der Waals surface area (Å²) in [7, 11) is 0. The summed E-state index contributed by atoms with van der Waals surface area (Å²) in [4.78, 5) is 0. The molecule has 0 N–H and O–H groups in total. The molecular formula is C9H14O3. The molecule has 68 valence electrons. The van der Waals surface area contributed by atoms with Crippen molar-refractivity contribution in [3.63, 3.8) is 0 Å². The van der Waals surface area contributed by atoms with Crippen molar-refractivity contribution in [3.05, 3.63) is 0 Å². The van der Waals surface area contributed by atoms with Gasteiger partial charge in [-0.2, -0.15) is 0 Å². The van der Waals surface area contributed by atoms with E-state index in [1.54, 1.807) is 0 Å². The first-order chi connectivity index (χ1) is 5.93. The second-order valence-electron chi connectivity index (χ2n) is 3.90. The minimum atomic E-state index is 0.0788. The molecule has 3 atom stereocenters. The van der Waals surface area contributed by atoms with Gasteiger partial charge in [-0.05, 0) is 19.3 Å². The molecule has 3 heteroatoms. The number of epoxide rings is 1. The maximum Gasteiger partial charge on any atom is 0.160 e. The Bertz CT molecular complexity index is 177. The summed E-state index contributed by atoms with van der Waals surface area (Å²) < 4.78 is 16.4. The number of fused-ring (bicyclic) bond motifs is 1. The van der Waals surface area contributed by atoms with E-state index in [1.165, 1.54) is 12.8 Å². The van der Waals surface area contributed by atoms with Crippen molar-refractivity contribution in [2.75, 3.05) is 13.2 Å². The lowest BCUT2D eigenvalue weighted by molar-refractivity contribution is -0.0904. The first-order valence-corrected chi connectivity index (χ1v) is 4.82. The summed E-state index contributed by atoms with van der Waals surface area (Å²) in [5, 5.41) is 0. The lowest BCUT2D eigenvalue weighted by Gasteiger charge is -2.23. The standard InChI is InChI=1S/C9H14O3/c1-2-7-8(12-7)5-6(1)9-10-3-4-11-9/h6-9H,1-5H2/t6-,7-,8-/m1/s1. The molecule has 3 aliphatic rings. The second-order valence-corrected chi connectivity index (χ2v) is 3.90. The average molecular weight is 170 g/mol. The quantitative estimate of drug-likeness (QED) is 0.548. The highest BCUT2D eigenvalue weighted by atomic mass is 16.7. The third-order valence-corrected chi connectivity index (χ3v) is 3.08. The van der Waals surface area contributed by atoms with E-state index in [-0.39, 0.29) is 6.29 Å². The molecule has 0 radical (unpaired) electrons. The van der Waals surface area contributed by atoms with Crippen molar-refractivity contribution in [3.8, 4) is 0 Å². The van der Waals surface area contributed by atoms with E-state index in [2.05, 4.69) is 0 Å². The molecule has 0 aromatic rings. The summed E-state index contributed by atoms with van der Waals surface area (Å²) in [6.07, 6.45) is 4.77. The van der Waals surface area contributed by atoms with Crippen LogP contribution in [0.15, 0.2) is 0 Å². The zero-order valence-electron chi connectivity index (χ0n) is 7.07. The molecule has 0 bridgehead atoms. The van der Waals surface area contributed by atoms with Crippen molar-refractivity contribution >= 4 is 0 Å². The van der Waals surface area contributed by atoms with Crippen molar-refractivity contribution in [1.29, 1.82) is 0 Å². The van der Waals surface area contributed by atoms with Gasteiger partial charge in [0, 0.05) is 5.92 Å². The molecule has 12 heavy (non-hydrogen) atoms. The van der Waals surface area contributed by atoms with Crippen LogP contribution in [0.4, 0.5) is 0 Å². The van der Waals surface area contributed by atoms with Crippen LogP contribution in [0.2, 0.25) is 0 Å². The maximum absolute atomic E-state index is 5.48. The van der Waals surface area contributed by atoms with Crippen LogP contribution in [0.25, 0.3) is 0 Å². The van der Waals surface area contributed by atoms with Crippen LogP contribution < -0.4 is 0 Å². The minimum absolute atomic E-state index is 0.0788. The smallest absolute Gasteiger partial charge is 0.160 e. The van der Waals surface area contributed by atoms with Crippen molar-refractivity contribution in [2.45, 2.75) is 37.8 Å². The molecule has 2 saturated heterocycles. The van der Waals surface area contributed by atoms with Gasteiger partial charge in [0.25, 0.3) is 0 Å². The third-order valence-electron chi connectivity index (χ3n) is 3.08. The van der Waals surface area contributed by atoms with Gasteiger partial charge in [-0.3, -0.25) is 0 Å². The van der Waals surface area contributed by atoms with E-state index < -0.39 is 0 Å². The van der Waals surface area contributed by atoms with Gasteiger partial charge in [0.2, 0.25) is 0 Å². The SMILES string of the molecule is C1COC([C@@H]2CC[C@H]3O[C@@H]3C2)O1. The zero-order valence-corrected chi connectivity index (χ0v) is 7.07. The van der Waals surface area contributed by atoms with E-state index in [4.69, 9.17) is 14.2 Å². The molecule has 1 saturated carbocycles. The van der Waals surface area contributed by atoms with Gasteiger partial charge < -0.3 is 14.2 Å². The Morgan fingerprint density at radius 1 is 0.917 bits per heavy atom. The van der Waals surface area contributed by atoms with Gasteiger partial charge in [-0.1, -0.05) is 0 Å². The Labute approximate surface area is 72.0 Å². The lowest BCUT2D eigenvalue weighted by Crippen LogP contribution is -2.26. The van der Waals surface area contributed by atoms with E-state index in [0.717, 1.165) is 19.6 Å². The topological polar surface area (TPSA) is 31.0 Å². The van der Waals surface area contributed by atoms with Crippen molar-refractivity contribution in [2.24, 2.45) is 5.92 Å². The molecule has 3 fully saturated rings. The fourth-order valence-electron chi connectivity index (χ4n) is 2.33. The highest BCUT2D eigenvalue weighted by molar-refractivity contribution is 4.93.